The average Bonchev–Trinajstić information content (AvgIpc) is 3.03. The summed E-state index contributed by atoms with van der Waals surface area (Å²) in [7, 11) is 0. The van der Waals surface area contributed by atoms with Gasteiger partial charge in [-0.25, -0.2) is 0 Å². The Hall–Kier alpha value is -2.37. The first-order valence-corrected chi connectivity index (χ1v) is 9.49. The van der Waals surface area contributed by atoms with Crippen molar-refractivity contribution in [3.8, 4) is 0 Å². The van der Waals surface area contributed by atoms with Crippen LogP contribution in [0.1, 0.15) is 30.0 Å². The number of carbonyl (C=O) groups excluding carboxylic acids is 2. The number of carbonyl (C=O) groups is 2. The summed E-state index contributed by atoms with van der Waals surface area (Å²) in [5.41, 5.74) is 4.15. The Balaban J connectivity index is 0.00000280. The first-order valence-electron chi connectivity index (χ1n) is 9.49. The molecule has 0 aromatic heterocycles. The molecule has 1 fully saturated rings. The van der Waals surface area contributed by atoms with Gasteiger partial charge in [0.05, 0.1) is 5.92 Å². The molecule has 5 nitrogen and oxygen atoms in total. The maximum atomic E-state index is 12.7. The molecule has 0 aliphatic carbocycles. The van der Waals surface area contributed by atoms with E-state index in [2.05, 4.69) is 10.6 Å². The monoisotopic (exact) mass is 401 g/mol. The second-order valence-corrected chi connectivity index (χ2v) is 7.09. The molecular weight excluding hydrogens is 374 g/mol. The molecule has 1 atom stereocenters. The van der Waals surface area contributed by atoms with Crippen LogP contribution in [0.3, 0.4) is 0 Å². The van der Waals surface area contributed by atoms with E-state index in [-0.39, 0.29) is 36.6 Å². The number of nitrogens with one attached hydrogen (secondary N) is 2. The van der Waals surface area contributed by atoms with Crippen LogP contribution in [-0.2, 0) is 22.7 Å². The minimum atomic E-state index is -0.310. The lowest BCUT2D eigenvalue weighted by atomic mass is 10.1. The number of halogens is 1. The molecule has 1 saturated heterocycles. The summed E-state index contributed by atoms with van der Waals surface area (Å²) in [5.74, 6) is -0.356. The number of nitrogens with zero attached hydrogens (tertiary/aromatic N) is 1. The van der Waals surface area contributed by atoms with E-state index >= 15 is 0 Å². The van der Waals surface area contributed by atoms with Crippen LogP contribution < -0.4 is 10.6 Å². The SMILES string of the molecule is CCNCc1ccccc1NC(=O)C1CC(=O)N(Cc2ccc(C)cc2)C1.Cl. The smallest absolute Gasteiger partial charge is 0.229 e. The third-order valence-electron chi connectivity index (χ3n) is 4.92. The molecule has 2 amide bonds. The zero-order chi connectivity index (χ0) is 19.2. The molecule has 3 rings (SSSR count). The highest BCUT2D eigenvalue weighted by atomic mass is 35.5. The summed E-state index contributed by atoms with van der Waals surface area (Å²) in [6.07, 6.45) is 0.271. The van der Waals surface area contributed by atoms with Gasteiger partial charge in [-0.3, -0.25) is 9.59 Å². The van der Waals surface area contributed by atoms with Crippen molar-refractivity contribution in [2.24, 2.45) is 5.92 Å². The zero-order valence-electron chi connectivity index (χ0n) is 16.4. The molecule has 150 valence electrons. The van der Waals surface area contributed by atoms with E-state index in [0.29, 0.717) is 19.6 Å². The fourth-order valence-corrected chi connectivity index (χ4v) is 3.31. The van der Waals surface area contributed by atoms with Crippen LogP contribution in [0, 0.1) is 12.8 Å². The molecule has 0 bridgehead atoms. The van der Waals surface area contributed by atoms with Crippen molar-refractivity contribution < 1.29 is 9.59 Å². The van der Waals surface area contributed by atoms with Gasteiger partial charge in [0.25, 0.3) is 0 Å². The van der Waals surface area contributed by atoms with Gasteiger partial charge in [-0.1, -0.05) is 55.0 Å². The van der Waals surface area contributed by atoms with Crippen LogP contribution in [0.5, 0.6) is 0 Å². The summed E-state index contributed by atoms with van der Waals surface area (Å²) in [6, 6.07) is 15.9. The maximum Gasteiger partial charge on any atom is 0.229 e. The van der Waals surface area contributed by atoms with Crippen molar-refractivity contribution in [1.82, 2.24) is 10.2 Å². The Morgan fingerprint density at radius 3 is 2.57 bits per heavy atom. The molecular formula is C22H28ClN3O2. The third-order valence-corrected chi connectivity index (χ3v) is 4.92. The summed E-state index contributed by atoms with van der Waals surface area (Å²) in [6.45, 7) is 6.68. The first kappa shape index (κ1) is 21.9. The van der Waals surface area contributed by atoms with Crippen molar-refractivity contribution in [2.75, 3.05) is 18.4 Å². The van der Waals surface area contributed by atoms with Crippen LogP contribution >= 0.6 is 12.4 Å². The van der Waals surface area contributed by atoms with E-state index in [1.807, 2.05) is 62.4 Å². The van der Waals surface area contributed by atoms with Gasteiger partial charge < -0.3 is 15.5 Å². The lowest BCUT2D eigenvalue weighted by Crippen LogP contribution is -2.28. The van der Waals surface area contributed by atoms with E-state index in [9.17, 15) is 9.59 Å². The van der Waals surface area contributed by atoms with Gasteiger partial charge in [-0.2, -0.15) is 0 Å². The number of hydrogen-bond acceptors (Lipinski definition) is 3. The second kappa shape index (κ2) is 10.2. The largest absolute Gasteiger partial charge is 0.338 e. The minimum absolute atomic E-state index is 0. The van der Waals surface area contributed by atoms with Crippen molar-refractivity contribution in [3.05, 3.63) is 65.2 Å². The van der Waals surface area contributed by atoms with E-state index < -0.39 is 0 Å². The standard InChI is InChI=1S/C22H27N3O2.ClH/c1-3-23-13-18-6-4-5-7-20(18)24-22(27)19-12-21(26)25(15-19)14-17-10-8-16(2)9-11-17;/h4-11,19,23H,3,12-15H2,1-2H3,(H,24,27);1H. The molecule has 1 unspecified atom stereocenters. The summed E-state index contributed by atoms with van der Waals surface area (Å²) < 4.78 is 0. The average molecular weight is 402 g/mol. The van der Waals surface area contributed by atoms with Gasteiger partial charge in [-0.15, -0.1) is 12.4 Å². The van der Waals surface area contributed by atoms with Gasteiger partial charge in [0, 0.05) is 31.7 Å². The number of amides is 2. The normalized spacial score (nSPS) is 16.0. The molecule has 2 aromatic rings. The quantitative estimate of drug-likeness (QED) is 0.746. The highest BCUT2D eigenvalue weighted by molar-refractivity contribution is 5.97. The molecule has 2 N–H and O–H groups in total. The molecule has 1 aliphatic heterocycles. The van der Waals surface area contributed by atoms with Gasteiger partial charge in [-0.05, 0) is 30.7 Å². The van der Waals surface area contributed by atoms with Gasteiger partial charge in [0.15, 0.2) is 0 Å². The first-order chi connectivity index (χ1) is 13.1. The molecule has 2 aromatic carbocycles. The van der Waals surface area contributed by atoms with Gasteiger partial charge in [0.1, 0.15) is 0 Å². The number of likely N-dealkylation sites (tertiary alicyclic amines) is 1. The molecule has 0 radical (unpaired) electrons. The summed E-state index contributed by atoms with van der Waals surface area (Å²) >= 11 is 0. The van der Waals surface area contributed by atoms with Crippen molar-refractivity contribution in [1.29, 1.82) is 0 Å². The number of para-hydroxylation sites is 1. The van der Waals surface area contributed by atoms with E-state index in [4.69, 9.17) is 0 Å². The van der Waals surface area contributed by atoms with Gasteiger partial charge >= 0.3 is 0 Å². The second-order valence-electron chi connectivity index (χ2n) is 7.09. The van der Waals surface area contributed by atoms with Crippen LogP contribution in [0.25, 0.3) is 0 Å². The van der Waals surface area contributed by atoms with Crippen LogP contribution in [0.15, 0.2) is 48.5 Å². The minimum Gasteiger partial charge on any atom is -0.338 e. The van der Waals surface area contributed by atoms with Crippen LogP contribution in [0.4, 0.5) is 5.69 Å². The number of rotatable bonds is 7. The number of benzene rings is 2. The van der Waals surface area contributed by atoms with Crippen molar-refractivity contribution in [2.45, 2.75) is 33.4 Å². The zero-order valence-corrected chi connectivity index (χ0v) is 17.2. The Morgan fingerprint density at radius 2 is 1.86 bits per heavy atom. The van der Waals surface area contributed by atoms with Crippen molar-refractivity contribution in [3.63, 3.8) is 0 Å². The molecule has 1 aliphatic rings. The molecule has 6 heteroatoms. The fourth-order valence-electron chi connectivity index (χ4n) is 3.31. The third kappa shape index (κ3) is 5.57. The highest BCUT2D eigenvalue weighted by Crippen LogP contribution is 2.23. The Morgan fingerprint density at radius 1 is 1.14 bits per heavy atom. The van der Waals surface area contributed by atoms with Gasteiger partial charge in [0.2, 0.25) is 11.8 Å². The summed E-state index contributed by atoms with van der Waals surface area (Å²) in [5, 5.41) is 6.30. The molecule has 0 saturated carbocycles. The maximum absolute atomic E-state index is 12.7. The predicted octanol–water partition coefficient (Wildman–Crippen LogP) is 3.51. The van der Waals surface area contributed by atoms with E-state index in [1.165, 1.54) is 5.56 Å². The lowest BCUT2D eigenvalue weighted by molar-refractivity contribution is -0.128. The van der Waals surface area contributed by atoms with Crippen LogP contribution in [0.2, 0.25) is 0 Å². The number of aryl methyl sites for hydroxylation is 1. The predicted molar refractivity (Wildman–Crippen MR) is 114 cm³/mol. The van der Waals surface area contributed by atoms with E-state index in [0.717, 1.165) is 23.4 Å². The Labute approximate surface area is 172 Å². The fraction of sp³-hybridized carbons (Fsp3) is 0.364. The lowest BCUT2D eigenvalue weighted by Gasteiger charge is -2.17. The van der Waals surface area contributed by atoms with Crippen LogP contribution in [-0.4, -0.2) is 29.8 Å². The highest BCUT2D eigenvalue weighted by Gasteiger charge is 2.34. The summed E-state index contributed by atoms with van der Waals surface area (Å²) in [4.78, 5) is 26.9. The van der Waals surface area contributed by atoms with E-state index in [1.54, 1.807) is 4.90 Å². The molecule has 1 heterocycles. The van der Waals surface area contributed by atoms with Crippen molar-refractivity contribution >= 4 is 29.9 Å². The molecule has 28 heavy (non-hydrogen) atoms. The Kier molecular flexibility index (Phi) is 8.03. The number of anilines is 1. The topological polar surface area (TPSA) is 61.4 Å². The number of hydrogen-bond donors (Lipinski definition) is 2. The molecule has 0 spiro atoms. The Bertz CT molecular complexity index is 808.